The number of aromatic nitrogens is 5. The molecular formula is C24H32N6O2. The van der Waals surface area contributed by atoms with Crippen LogP contribution in [0.15, 0.2) is 29.1 Å². The molecule has 1 atom stereocenters. The fourth-order valence-corrected chi connectivity index (χ4v) is 5.28. The molecule has 32 heavy (non-hydrogen) atoms. The lowest BCUT2D eigenvalue weighted by Gasteiger charge is -2.36. The van der Waals surface area contributed by atoms with Gasteiger partial charge in [0.2, 0.25) is 0 Å². The van der Waals surface area contributed by atoms with E-state index in [4.69, 9.17) is 4.74 Å². The van der Waals surface area contributed by atoms with Crippen molar-refractivity contribution in [2.24, 2.45) is 5.92 Å². The number of methoxy groups -OCH3 is 1. The van der Waals surface area contributed by atoms with Gasteiger partial charge >= 0.3 is 0 Å². The zero-order chi connectivity index (χ0) is 22.1. The summed E-state index contributed by atoms with van der Waals surface area (Å²) in [6, 6.07) is 7.76. The molecule has 1 aromatic carbocycles. The Morgan fingerprint density at radius 3 is 2.62 bits per heavy atom. The number of fused-ring (bicyclic) bond motifs is 1. The molecule has 1 aliphatic heterocycles. The number of nitrogens with zero attached hydrogens (tertiary/aromatic N) is 5. The zero-order valence-electron chi connectivity index (χ0n) is 19.0. The van der Waals surface area contributed by atoms with E-state index in [0.717, 1.165) is 61.2 Å². The maximum atomic E-state index is 13.3. The predicted octanol–water partition coefficient (Wildman–Crippen LogP) is 3.85. The number of aromatic amines is 1. The second kappa shape index (κ2) is 9.02. The fraction of sp³-hybridized carbons (Fsp3) is 0.583. The summed E-state index contributed by atoms with van der Waals surface area (Å²) >= 11 is 0. The van der Waals surface area contributed by atoms with Crippen LogP contribution in [0.1, 0.15) is 75.3 Å². The van der Waals surface area contributed by atoms with Crippen LogP contribution < -0.4 is 10.3 Å². The highest BCUT2D eigenvalue weighted by molar-refractivity contribution is 5.80. The molecule has 1 N–H and O–H groups in total. The van der Waals surface area contributed by atoms with Gasteiger partial charge in [0, 0.05) is 16.5 Å². The van der Waals surface area contributed by atoms with Crippen LogP contribution in [-0.2, 0) is 0 Å². The maximum Gasteiger partial charge on any atom is 0.253 e. The molecule has 2 aliphatic rings. The molecule has 2 aromatic heterocycles. The van der Waals surface area contributed by atoms with Crippen LogP contribution in [0.5, 0.6) is 5.75 Å². The minimum atomic E-state index is -0.265. The summed E-state index contributed by atoms with van der Waals surface area (Å²) in [4.78, 5) is 18.8. The van der Waals surface area contributed by atoms with Crippen LogP contribution in [0.2, 0.25) is 0 Å². The normalized spacial score (nSPS) is 19.9. The van der Waals surface area contributed by atoms with E-state index in [1.807, 2.05) is 28.9 Å². The SMILES string of the molecule is COc1ccc2[nH]c(=O)c([C@@H](c3nnnn3C3CCCCC3)N3CCC(C)CC3)cc2c1. The molecule has 3 heterocycles. The van der Waals surface area contributed by atoms with Crippen molar-refractivity contribution in [3.8, 4) is 5.75 Å². The lowest BCUT2D eigenvalue weighted by atomic mass is 9.93. The van der Waals surface area contributed by atoms with Gasteiger partial charge in [0.25, 0.3) is 5.56 Å². The molecule has 2 fully saturated rings. The molecule has 0 amide bonds. The number of hydrogen-bond acceptors (Lipinski definition) is 6. The summed E-state index contributed by atoms with van der Waals surface area (Å²) in [6.07, 6.45) is 8.08. The highest BCUT2D eigenvalue weighted by Crippen LogP contribution is 2.35. The molecule has 170 valence electrons. The Bertz CT molecular complexity index is 1120. The van der Waals surface area contributed by atoms with Gasteiger partial charge in [-0.1, -0.05) is 26.2 Å². The first-order chi connectivity index (χ1) is 15.6. The van der Waals surface area contributed by atoms with Gasteiger partial charge in [0.05, 0.1) is 13.2 Å². The van der Waals surface area contributed by atoms with E-state index >= 15 is 0 Å². The lowest BCUT2D eigenvalue weighted by Crippen LogP contribution is -2.40. The maximum absolute atomic E-state index is 13.3. The van der Waals surface area contributed by atoms with Crippen LogP contribution in [0, 0.1) is 5.92 Å². The number of H-pyrrole nitrogens is 1. The third-order valence-corrected chi connectivity index (χ3v) is 7.24. The second-order valence-electron chi connectivity index (χ2n) is 9.40. The first-order valence-corrected chi connectivity index (χ1v) is 11.9. The summed E-state index contributed by atoms with van der Waals surface area (Å²) in [5.74, 6) is 2.26. The number of piperidine rings is 1. The Balaban J connectivity index is 1.62. The molecule has 1 saturated heterocycles. The topological polar surface area (TPSA) is 88.9 Å². The van der Waals surface area contributed by atoms with Gasteiger partial charge in [-0.3, -0.25) is 9.69 Å². The van der Waals surface area contributed by atoms with Gasteiger partial charge in [-0.2, -0.15) is 0 Å². The van der Waals surface area contributed by atoms with Gasteiger partial charge < -0.3 is 9.72 Å². The highest BCUT2D eigenvalue weighted by atomic mass is 16.5. The standard InChI is InChI=1S/C24H32N6O2/c1-16-10-12-29(13-11-16)22(23-26-27-28-30(23)18-6-4-3-5-7-18)20-15-17-14-19(32-2)8-9-21(17)25-24(20)31/h8-9,14-16,18,22H,3-7,10-13H2,1-2H3,(H,25,31)/t22-/m0/s1. The smallest absolute Gasteiger partial charge is 0.253 e. The molecular weight excluding hydrogens is 404 g/mol. The van der Waals surface area contributed by atoms with Crippen molar-refractivity contribution in [1.82, 2.24) is 30.1 Å². The minimum absolute atomic E-state index is 0.0792. The fourth-order valence-electron chi connectivity index (χ4n) is 5.28. The van der Waals surface area contributed by atoms with E-state index in [1.165, 1.54) is 19.3 Å². The molecule has 0 radical (unpaired) electrons. The first-order valence-electron chi connectivity index (χ1n) is 11.9. The summed E-state index contributed by atoms with van der Waals surface area (Å²) in [7, 11) is 1.66. The second-order valence-corrected chi connectivity index (χ2v) is 9.40. The molecule has 3 aromatic rings. The van der Waals surface area contributed by atoms with E-state index in [2.05, 4.69) is 32.3 Å². The van der Waals surface area contributed by atoms with Gasteiger partial charge in [0.15, 0.2) is 5.82 Å². The molecule has 0 unspecified atom stereocenters. The molecule has 5 rings (SSSR count). The zero-order valence-corrected chi connectivity index (χ0v) is 19.0. The van der Waals surface area contributed by atoms with Gasteiger partial charge in [-0.15, -0.1) is 5.10 Å². The Hall–Kier alpha value is -2.74. The number of pyridine rings is 1. The van der Waals surface area contributed by atoms with E-state index in [-0.39, 0.29) is 11.6 Å². The van der Waals surface area contributed by atoms with E-state index < -0.39 is 0 Å². The van der Waals surface area contributed by atoms with Crippen molar-refractivity contribution in [2.45, 2.75) is 64.0 Å². The lowest BCUT2D eigenvalue weighted by molar-refractivity contribution is 0.146. The molecule has 1 aliphatic carbocycles. The third-order valence-electron chi connectivity index (χ3n) is 7.24. The van der Waals surface area contributed by atoms with Crippen LogP contribution in [-0.4, -0.2) is 50.3 Å². The van der Waals surface area contributed by atoms with Crippen molar-refractivity contribution >= 4 is 10.9 Å². The van der Waals surface area contributed by atoms with Crippen molar-refractivity contribution in [3.05, 3.63) is 46.0 Å². The molecule has 0 spiro atoms. The molecule has 8 nitrogen and oxygen atoms in total. The van der Waals surface area contributed by atoms with Crippen LogP contribution in [0.25, 0.3) is 10.9 Å². The largest absolute Gasteiger partial charge is 0.497 e. The summed E-state index contributed by atoms with van der Waals surface area (Å²) < 4.78 is 7.42. The van der Waals surface area contributed by atoms with E-state index in [9.17, 15) is 4.79 Å². The van der Waals surface area contributed by atoms with Gasteiger partial charge in [-0.25, -0.2) is 4.68 Å². The third kappa shape index (κ3) is 4.03. The molecule has 0 bridgehead atoms. The van der Waals surface area contributed by atoms with Gasteiger partial charge in [-0.05, 0) is 79.4 Å². The Morgan fingerprint density at radius 1 is 1.09 bits per heavy atom. The van der Waals surface area contributed by atoms with Crippen molar-refractivity contribution in [3.63, 3.8) is 0 Å². The number of rotatable bonds is 5. The van der Waals surface area contributed by atoms with Crippen LogP contribution >= 0.6 is 0 Å². The minimum Gasteiger partial charge on any atom is -0.497 e. The number of nitrogens with one attached hydrogen (secondary N) is 1. The van der Waals surface area contributed by atoms with Crippen LogP contribution in [0.4, 0.5) is 0 Å². The van der Waals surface area contributed by atoms with Crippen molar-refractivity contribution < 1.29 is 4.74 Å². The first kappa shape index (κ1) is 21.1. The van der Waals surface area contributed by atoms with Crippen molar-refractivity contribution in [2.75, 3.05) is 20.2 Å². The van der Waals surface area contributed by atoms with Crippen molar-refractivity contribution in [1.29, 1.82) is 0 Å². The Morgan fingerprint density at radius 2 is 1.88 bits per heavy atom. The van der Waals surface area contributed by atoms with E-state index in [0.29, 0.717) is 17.5 Å². The summed E-state index contributed by atoms with van der Waals surface area (Å²) in [5.41, 5.74) is 1.43. The Kier molecular flexibility index (Phi) is 5.95. The molecule has 8 heteroatoms. The van der Waals surface area contributed by atoms with Crippen LogP contribution in [0.3, 0.4) is 0 Å². The number of hydrogen-bond donors (Lipinski definition) is 1. The summed E-state index contributed by atoms with van der Waals surface area (Å²) in [5, 5.41) is 13.9. The average molecular weight is 437 g/mol. The molecule has 1 saturated carbocycles. The number of benzene rings is 1. The average Bonchev–Trinajstić information content (AvgIpc) is 3.30. The monoisotopic (exact) mass is 436 g/mol. The summed E-state index contributed by atoms with van der Waals surface area (Å²) in [6.45, 7) is 4.16. The van der Waals surface area contributed by atoms with E-state index in [1.54, 1.807) is 7.11 Å². The number of ether oxygens (including phenoxy) is 1. The quantitative estimate of drug-likeness (QED) is 0.654. The van der Waals surface area contributed by atoms with Gasteiger partial charge in [0.1, 0.15) is 11.8 Å². The number of tetrazole rings is 1. The Labute approximate surface area is 188 Å². The predicted molar refractivity (Wildman–Crippen MR) is 123 cm³/mol. The highest BCUT2D eigenvalue weighted by Gasteiger charge is 2.34. The number of likely N-dealkylation sites (tertiary alicyclic amines) is 1.